The number of carbonyl (C=O) groups is 1. The van der Waals surface area contributed by atoms with Crippen molar-refractivity contribution < 1.29 is 23.0 Å². The molecule has 0 bridgehead atoms. The number of rotatable bonds is 1. The number of ether oxygens (including phenoxy) is 2. The first-order valence-electron chi connectivity index (χ1n) is 7.43. The lowest BCUT2D eigenvalue weighted by atomic mass is 10.00. The Morgan fingerprint density at radius 1 is 1.17 bits per heavy atom. The Kier molecular flexibility index (Phi) is 3.57. The van der Waals surface area contributed by atoms with Crippen molar-refractivity contribution in [3.63, 3.8) is 0 Å². The average Bonchev–Trinajstić information content (AvgIpc) is 3.02. The van der Waals surface area contributed by atoms with E-state index in [1.165, 1.54) is 23.1 Å². The third-order valence-electron chi connectivity index (χ3n) is 4.12. The van der Waals surface area contributed by atoms with Crippen molar-refractivity contribution in [3.05, 3.63) is 52.0 Å². The van der Waals surface area contributed by atoms with Crippen LogP contribution in [0.4, 0.5) is 14.5 Å². The molecule has 0 fully saturated rings. The number of benzene rings is 2. The molecule has 0 saturated heterocycles. The first kappa shape index (κ1) is 15.2. The van der Waals surface area contributed by atoms with Crippen LogP contribution in [-0.4, -0.2) is 19.2 Å². The molecule has 0 aliphatic carbocycles. The number of anilines is 1. The number of hydrogen-bond acceptors (Lipinski definition) is 3. The van der Waals surface area contributed by atoms with E-state index in [2.05, 4.69) is 0 Å². The van der Waals surface area contributed by atoms with E-state index in [1.54, 1.807) is 0 Å². The molecule has 4 rings (SSSR count). The zero-order valence-corrected chi connectivity index (χ0v) is 13.2. The minimum absolute atomic E-state index is 0.0349. The van der Waals surface area contributed by atoms with Gasteiger partial charge in [-0.05, 0) is 36.6 Å². The van der Waals surface area contributed by atoms with Gasteiger partial charge >= 0.3 is 0 Å². The van der Waals surface area contributed by atoms with E-state index in [-0.39, 0.29) is 23.1 Å². The van der Waals surface area contributed by atoms with Gasteiger partial charge in [-0.1, -0.05) is 11.6 Å². The molecule has 2 aliphatic heterocycles. The van der Waals surface area contributed by atoms with Crippen molar-refractivity contribution in [1.29, 1.82) is 0 Å². The summed E-state index contributed by atoms with van der Waals surface area (Å²) in [6.07, 6.45) is 1.15. The Hall–Kier alpha value is -2.34. The molecular formula is C17H12ClF2NO3. The lowest BCUT2D eigenvalue weighted by Gasteiger charge is -2.30. The van der Waals surface area contributed by atoms with Gasteiger partial charge in [-0.3, -0.25) is 4.79 Å². The van der Waals surface area contributed by atoms with Gasteiger partial charge in [-0.25, -0.2) is 8.78 Å². The third kappa shape index (κ3) is 2.38. The second-order valence-corrected chi connectivity index (χ2v) is 6.05. The molecule has 2 aromatic rings. The largest absolute Gasteiger partial charge is 0.454 e. The van der Waals surface area contributed by atoms with Crippen LogP contribution in [0.5, 0.6) is 11.5 Å². The topological polar surface area (TPSA) is 38.8 Å². The van der Waals surface area contributed by atoms with E-state index >= 15 is 0 Å². The second-order valence-electron chi connectivity index (χ2n) is 5.65. The highest BCUT2D eigenvalue weighted by Crippen LogP contribution is 2.41. The summed E-state index contributed by atoms with van der Waals surface area (Å²) in [5, 5.41) is 0.255. The molecule has 7 heteroatoms. The predicted molar refractivity (Wildman–Crippen MR) is 83.9 cm³/mol. The highest BCUT2D eigenvalue weighted by molar-refractivity contribution is 6.33. The van der Waals surface area contributed by atoms with Crippen LogP contribution in [0, 0.1) is 11.6 Å². The first-order valence-corrected chi connectivity index (χ1v) is 7.81. The molecule has 0 N–H and O–H groups in total. The maximum absolute atomic E-state index is 14.3. The molecule has 0 saturated carbocycles. The SMILES string of the molecule is O=C(c1cc(Cl)c2c(c1)OCO2)N1CCCc2cc(F)cc(F)c21. The quantitative estimate of drug-likeness (QED) is 0.781. The molecule has 2 aromatic carbocycles. The van der Waals surface area contributed by atoms with Gasteiger partial charge in [0, 0.05) is 18.2 Å². The van der Waals surface area contributed by atoms with E-state index < -0.39 is 17.5 Å². The minimum Gasteiger partial charge on any atom is -0.454 e. The van der Waals surface area contributed by atoms with Gasteiger partial charge in [0.05, 0.1) is 10.7 Å². The molecular weight excluding hydrogens is 340 g/mol. The summed E-state index contributed by atoms with van der Waals surface area (Å²) in [6.45, 7) is 0.383. The van der Waals surface area contributed by atoms with Crippen LogP contribution >= 0.6 is 11.6 Å². The Morgan fingerprint density at radius 2 is 2.00 bits per heavy atom. The normalized spacial score (nSPS) is 15.4. The number of halogens is 3. The van der Waals surface area contributed by atoms with Crippen LogP contribution in [0.15, 0.2) is 24.3 Å². The van der Waals surface area contributed by atoms with Gasteiger partial charge in [0.15, 0.2) is 11.5 Å². The number of amides is 1. The summed E-state index contributed by atoms with van der Waals surface area (Å²) in [6, 6.07) is 5.04. The summed E-state index contributed by atoms with van der Waals surface area (Å²) in [5.74, 6) is -1.04. The first-order chi connectivity index (χ1) is 11.5. The fourth-order valence-electron chi connectivity index (χ4n) is 3.10. The highest BCUT2D eigenvalue weighted by atomic mass is 35.5. The standard InChI is InChI=1S/C17H12ClF2NO3/c18-12-5-10(6-14-16(12)24-8-23-14)17(22)21-3-1-2-9-4-11(19)7-13(20)15(9)21/h4-7H,1-3,8H2. The van der Waals surface area contributed by atoms with Gasteiger partial charge in [0.25, 0.3) is 5.91 Å². The fourth-order valence-corrected chi connectivity index (χ4v) is 3.37. The number of fused-ring (bicyclic) bond motifs is 2. The van der Waals surface area contributed by atoms with Crippen LogP contribution in [0.25, 0.3) is 0 Å². The molecule has 0 unspecified atom stereocenters. The molecule has 2 heterocycles. The Balaban J connectivity index is 1.76. The van der Waals surface area contributed by atoms with E-state index in [4.69, 9.17) is 21.1 Å². The summed E-state index contributed by atoms with van der Waals surface area (Å²) in [7, 11) is 0. The van der Waals surface area contributed by atoms with Crippen molar-refractivity contribution in [2.45, 2.75) is 12.8 Å². The number of nitrogens with zero attached hydrogens (tertiary/aromatic N) is 1. The maximum Gasteiger partial charge on any atom is 0.258 e. The monoisotopic (exact) mass is 351 g/mol. The highest BCUT2D eigenvalue weighted by Gasteiger charge is 2.29. The molecule has 0 spiro atoms. The summed E-state index contributed by atoms with van der Waals surface area (Å²) >= 11 is 6.11. The minimum atomic E-state index is -0.745. The molecule has 0 aromatic heterocycles. The van der Waals surface area contributed by atoms with Crippen LogP contribution in [0.3, 0.4) is 0 Å². The van der Waals surface area contributed by atoms with Crippen molar-refractivity contribution in [2.24, 2.45) is 0 Å². The number of aryl methyl sites for hydroxylation is 1. The Morgan fingerprint density at radius 3 is 2.83 bits per heavy atom. The van der Waals surface area contributed by atoms with Gasteiger partial charge in [-0.15, -0.1) is 0 Å². The van der Waals surface area contributed by atoms with Crippen molar-refractivity contribution >= 4 is 23.2 Å². The molecule has 0 atom stereocenters. The molecule has 2 aliphatic rings. The van der Waals surface area contributed by atoms with Crippen molar-refractivity contribution in [2.75, 3.05) is 18.2 Å². The smallest absolute Gasteiger partial charge is 0.258 e. The summed E-state index contributed by atoms with van der Waals surface area (Å²) in [4.78, 5) is 14.2. The van der Waals surface area contributed by atoms with E-state index in [1.807, 2.05) is 0 Å². The fraction of sp³-hybridized carbons (Fsp3) is 0.235. The molecule has 24 heavy (non-hydrogen) atoms. The van der Waals surface area contributed by atoms with E-state index in [9.17, 15) is 13.6 Å². The van der Waals surface area contributed by atoms with Crippen molar-refractivity contribution in [3.8, 4) is 11.5 Å². The van der Waals surface area contributed by atoms with Gasteiger partial charge in [0.1, 0.15) is 11.6 Å². The predicted octanol–water partition coefficient (Wildman–Crippen LogP) is 3.94. The van der Waals surface area contributed by atoms with Crippen molar-refractivity contribution in [1.82, 2.24) is 0 Å². The van der Waals surface area contributed by atoms with Crippen LogP contribution in [0.2, 0.25) is 5.02 Å². The van der Waals surface area contributed by atoms with E-state index in [0.29, 0.717) is 36.4 Å². The zero-order valence-electron chi connectivity index (χ0n) is 12.4. The maximum atomic E-state index is 14.3. The molecule has 0 radical (unpaired) electrons. The van der Waals surface area contributed by atoms with Gasteiger partial charge in [0.2, 0.25) is 6.79 Å². The average molecular weight is 352 g/mol. The second kappa shape index (κ2) is 5.63. The van der Waals surface area contributed by atoms with Crippen LogP contribution in [-0.2, 0) is 6.42 Å². The summed E-state index contributed by atoms with van der Waals surface area (Å²) < 4.78 is 38.2. The van der Waals surface area contributed by atoms with Crippen LogP contribution in [0.1, 0.15) is 22.3 Å². The molecule has 1 amide bonds. The molecule has 4 nitrogen and oxygen atoms in total. The Bertz CT molecular complexity index is 856. The van der Waals surface area contributed by atoms with Gasteiger partial charge < -0.3 is 14.4 Å². The lowest BCUT2D eigenvalue weighted by molar-refractivity contribution is 0.0983. The zero-order chi connectivity index (χ0) is 16.8. The Labute approximate surface area is 141 Å². The summed E-state index contributed by atoms with van der Waals surface area (Å²) in [5.41, 5.74) is 0.876. The van der Waals surface area contributed by atoms with Crippen LogP contribution < -0.4 is 14.4 Å². The van der Waals surface area contributed by atoms with Gasteiger partial charge in [-0.2, -0.15) is 0 Å². The number of hydrogen-bond donors (Lipinski definition) is 0. The lowest BCUT2D eigenvalue weighted by Crippen LogP contribution is -2.36. The van der Waals surface area contributed by atoms with E-state index in [0.717, 1.165) is 6.07 Å². The third-order valence-corrected chi connectivity index (χ3v) is 4.40. The molecule has 124 valence electrons. The number of carbonyl (C=O) groups excluding carboxylic acids is 1.